The van der Waals surface area contributed by atoms with Gasteiger partial charge in [0.05, 0.1) is 11.3 Å². The van der Waals surface area contributed by atoms with Gasteiger partial charge in [0, 0.05) is 0 Å². The van der Waals surface area contributed by atoms with Gasteiger partial charge in [0.25, 0.3) is 0 Å². The van der Waals surface area contributed by atoms with Crippen LogP contribution in [0.25, 0.3) is 0 Å². The van der Waals surface area contributed by atoms with Crippen LogP contribution in [-0.4, -0.2) is 18.2 Å². The Morgan fingerprint density at radius 2 is 1.67 bits per heavy atom. The van der Waals surface area contributed by atoms with Crippen LogP contribution >= 0.6 is 0 Å². The van der Waals surface area contributed by atoms with E-state index in [0.717, 1.165) is 17.7 Å². The van der Waals surface area contributed by atoms with Crippen LogP contribution in [0.4, 0.5) is 13.2 Å². The normalized spacial score (nSPS) is 12.7. The lowest BCUT2D eigenvalue weighted by atomic mass is 10.1. The third kappa shape index (κ3) is 6.21. The molecule has 2 rings (SSSR count). The molecule has 0 saturated heterocycles. The lowest BCUT2D eigenvalue weighted by molar-refractivity contribution is -0.137. The Morgan fingerprint density at radius 1 is 1.04 bits per heavy atom. The fraction of sp³-hybridized carbons (Fsp3) is 0.222. The van der Waals surface area contributed by atoms with Gasteiger partial charge in [0.1, 0.15) is 19.0 Å². The van der Waals surface area contributed by atoms with E-state index in [-0.39, 0.29) is 19.0 Å². The molecule has 0 aliphatic carbocycles. The van der Waals surface area contributed by atoms with E-state index < -0.39 is 11.7 Å². The number of alkyl halides is 3. The Morgan fingerprint density at radius 3 is 2.22 bits per heavy atom. The van der Waals surface area contributed by atoms with Crippen LogP contribution in [0.3, 0.4) is 0 Å². The number of ether oxygens (including phenoxy) is 1. The average Bonchev–Trinajstić information content (AvgIpc) is 2.66. The summed E-state index contributed by atoms with van der Waals surface area (Å²) in [5, 5.41) is 7.28. The maximum absolute atomic E-state index is 12.5. The number of hydrogen-bond acceptors (Lipinski definition) is 5. The number of rotatable bonds is 7. The molecular weight excluding hydrogens is 361 g/mol. The summed E-state index contributed by atoms with van der Waals surface area (Å²) < 4.78 is 42.9. The fourth-order valence-electron chi connectivity index (χ4n) is 2.03. The van der Waals surface area contributed by atoms with Crippen molar-refractivity contribution in [2.75, 3.05) is 6.61 Å². The summed E-state index contributed by atoms with van der Waals surface area (Å²) in [6.07, 6.45) is -4.35. The third-order valence-corrected chi connectivity index (χ3v) is 3.54. The summed E-state index contributed by atoms with van der Waals surface area (Å²) in [7, 11) is 0. The van der Waals surface area contributed by atoms with Crippen molar-refractivity contribution < 1.29 is 22.7 Å². The number of amidine groups is 1. The predicted octanol–water partition coefficient (Wildman–Crippen LogP) is 3.26. The van der Waals surface area contributed by atoms with Crippen molar-refractivity contribution in [3.05, 3.63) is 65.2 Å². The molecular formula is C18H19F3N4O2. The van der Waals surface area contributed by atoms with E-state index in [1.807, 2.05) is 0 Å². The van der Waals surface area contributed by atoms with Gasteiger partial charge >= 0.3 is 6.18 Å². The van der Waals surface area contributed by atoms with E-state index in [1.165, 1.54) is 12.1 Å². The first kappa shape index (κ1) is 20.1. The van der Waals surface area contributed by atoms with Crippen LogP contribution in [0.2, 0.25) is 0 Å². The van der Waals surface area contributed by atoms with Crippen LogP contribution in [-0.2, 0) is 17.6 Å². The van der Waals surface area contributed by atoms with Crippen molar-refractivity contribution in [2.24, 2.45) is 21.8 Å². The van der Waals surface area contributed by atoms with Crippen molar-refractivity contribution in [2.45, 2.75) is 19.7 Å². The van der Waals surface area contributed by atoms with Crippen LogP contribution in [0, 0.1) is 0 Å². The first-order valence-corrected chi connectivity index (χ1v) is 7.87. The van der Waals surface area contributed by atoms with Crippen LogP contribution in [0.15, 0.2) is 58.8 Å². The quantitative estimate of drug-likeness (QED) is 0.334. The zero-order valence-corrected chi connectivity index (χ0v) is 14.5. The van der Waals surface area contributed by atoms with Gasteiger partial charge in [0.2, 0.25) is 0 Å². The zero-order valence-electron chi connectivity index (χ0n) is 14.5. The minimum atomic E-state index is -4.35. The molecule has 0 spiro atoms. The molecule has 0 unspecified atom stereocenters. The second-order valence-electron chi connectivity index (χ2n) is 5.58. The molecule has 0 saturated carbocycles. The standard InChI is InChI=1S/C18H19F3N4O2/c1-12(14-4-8-16(9-5-14)26-11-17(22)24-23)25-27-10-13-2-6-15(7-3-13)18(19,20)21/h2-9H,10-11,23H2,1H3,(H2,22,24)/b25-12+. The second kappa shape index (κ2) is 8.93. The molecule has 0 radical (unpaired) electrons. The molecule has 6 nitrogen and oxygen atoms in total. The van der Waals surface area contributed by atoms with Crippen molar-refractivity contribution in [3.63, 3.8) is 0 Å². The lowest BCUT2D eigenvalue weighted by Crippen LogP contribution is -2.22. The largest absolute Gasteiger partial charge is 0.486 e. The Labute approximate surface area is 154 Å². The molecule has 4 N–H and O–H groups in total. The molecule has 9 heteroatoms. The summed E-state index contributed by atoms with van der Waals surface area (Å²) >= 11 is 0. The zero-order chi connectivity index (χ0) is 19.9. The molecule has 0 aliphatic heterocycles. The average molecular weight is 380 g/mol. The predicted molar refractivity (Wildman–Crippen MR) is 96.2 cm³/mol. The second-order valence-corrected chi connectivity index (χ2v) is 5.58. The molecule has 0 aliphatic rings. The SMILES string of the molecule is C/C(=N\OCc1ccc(C(F)(F)F)cc1)c1ccc(OC/C(N)=N/N)cc1. The molecule has 0 heterocycles. The summed E-state index contributed by atoms with van der Waals surface area (Å²) in [4.78, 5) is 5.21. The fourth-order valence-corrected chi connectivity index (χ4v) is 2.03. The van der Waals surface area contributed by atoms with Crippen molar-refractivity contribution >= 4 is 11.5 Å². The summed E-state index contributed by atoms with van der Waals surface area (Å²) in [5.41, 5.74) is 6.73. The first-order chi connectivity index (χ1) is 12.8. The van der Waals surface area contributed by atoms with Crippen LogP contribution in [0.5, 0.6) is 5.75 Å². The third-order valence-electron chi connectivity index (χ3n) is 3.54. The van der Waals surface area contributed by atoms with Crippen molar-refractivity contribution in [1.29, 1.82) is 0 Å². The molecule has 0 fully saturated rings. The first-order valence-electron chi connectivity index (χ1n) is 7.87. The number of halogens is 3. The van der Waals surface area contributed by atoms with E-state index in [2.05, 4.69) is 10.3 Å². The van der Waals surface area contributed by atoms with Gasteiger partial charge in [-0.15, -0.1) is 0 Å². The molecule has 2 aromatic carbocycles. The van der Waals surface area contributed by atoms with E-state index in [0.29, 0.717) is 17.0 Å². The van der Waals surface area contributed by atoms with E-state index >= 15 is 0 Å². The molecule has 0 amide bonds. The molecule has 0 aromatic heterocycles. The van der Waals surface area contributed by atoms with Gasteiger partial charge in [-0.3, -0.25) is 0 Å². The van der Waals surface area contributed by atoms with Gasteiger partial charge in [-0.2, -0.15) is 18.3 Å². The highest BCUT2D eigenvalue weighted by molar-refractivity contribution is 5.98. The van der Waals surface area contributed by atoms with Crippen LogP contribution < -0.4 is 16.3 Å². The minimum Gasteiger partial charge on any atom is -0.486 e. The molecule has 0 atom stereocenters. The summed E-state index contributed by atoms with van der Waals surface area (Å²) in [6, 6.07) is 11.8. The number of benzene rings is 2. The summed E-state index contributed by atoms with van der Waals surface area (Å²) in [6.45, 7) is 1.90. The van der Waals surface area contributed by atoms with E-state index in [1.54, 1.807) is 31.2 Å². The smallest absolute Gasteiger partial charge is 0.416 e. The number of nitrogens with zero attached hydrogens (tertiary/aromatic N) is 2. The van der Waals surface area contributed by atoms with Gasteiger partial charge in [-0.05, 0) is 54.4 Å². The molecule has 0 bridgehead atoms. The highest BCUT2D eigenvalue weighted by atomic mass is 19.4. The Bertz CT molecular complexity index is 801. The summed E-state index contributed by atoms with van der Waals surface area (Å²) in [5.74, 6) is 5.78. The van der Waals surface area contributed by atoms with Crippen LogP contribution in [0.1, 0.15) is 23.6 Å². The lowest BCUT2D eigenvalue weighted by Gasteiger charge is -2.08. The Hall–Kier alpha value is -3.23. The van der Waals surface area contributed by atoms with Gasteiger partial charge < -0.3 is 21.2 Å². The van der Waals surface area contributed by atoms with Crippen molar-refractivity contribution in [3.8, 4) is 5.75 Å². The topological polar surface area (TPSA) is 95.2 Å². The minimum absolute atomic E-state index is 0.0639. The maximum atomic E-state index is 12.5. The maximum Gasteiger partial charge on any atom is 0.416 e. The highest BCUT2D eigenvalue weighted by Crippen LogP contribution is 2.29. The number of hydrogen-bond donors (Lipinski definition) is 2. The molecule has 27 heavy (non-hydrogen) atoms. The number of oxime groups is 1. The molecule has 2 aromatic rings. The highest BCUT2D eigenvalue weighted by Gasteiger charge is 2.29. The van der Waals surface area contributed by atoms with Crippen molar-refractivity contribution in [1.82, 2.24) is 0 Å². The van der Waals surface area contributed by atoms with E-state index in [4.69, 9.17) is 21.2 Å². The van der Waals surface area contributed by atoms with Gasteiger partial charge in [-0.1, -0.05) is 17.3 Å². The monoisotopic (exact) mass is 380 g/mol. The van der Waals surface area contributed by atoms with E-state index in [9.17, 15) is 13.2 Å². The molecule has 144 valence electrons. The Kier molecular flexibility index (Phi) is 6.64. The van der Waals surface area contributed by atoms with Gasteiger partial charge in [0.15, 0.2) is 5.84 Å². The Balaban J connectivity index is 1.89. The van der Waals surface area contributed by atoms with Gasteiger partial charge in [-0.25, -0.2) is 0 Å². The number of nitrogens with two attached hydrogens (primary N) is 2. The number of hydrazone groups is 1.